The predicted octanol–water partition coefficient (Wildman–Crippen LogP) is 6.53. The van der Waals surface area contributed by atoms with Crippen LogP contribution >= 0.6 is 12.6 Å². The fraction of sp³-hybridized carbons (Fsp3) is 0.652. The van der Waals surface area contributed by atoms with Crippen LogP contribution in [-0.4, -0.2) is 17.3 Å². The molecule has 3 unspecified atom stereocenters. The fourth-order valence-corrected chi connectivity index (χ4v) is 5.08. The molecule has 150 valence electrons. The summed E-state index contributed by atoms with van der Waals surface area (Å²) >= 11 is 4.54. The number of unbranched alkanes of at least 4 members (excludes halogenated alkanes) is 2. The van der Waals surface area contributed by atoms with Crippen molar-refractivity contribution in [3.63, 3.8) is 0 Å². The van der Waals surface area contributed by atoms with E-state index in [0.29, 0.717) is 29.3 Å². The summed E-state index contributed by atoms with van der Waals surface area (Å²) in [6.45, 7) is 11.6. The zero-order chi connectivity index (χ0) is 19.8. The normalized spacial score (nSPS) is 23.0. The van der Waals surface area contributed by atoms with Gasteiger partial charge < -0.3 is 14.6 Å². The van der Waals surface area contributed by atoms with E-state index < -0.39 is 5.60 Å². The highest BCUT2D eigenvalue weighted by atomic mass is 32.1. The summed E-state index contributed by atoms with van der Waals surface area (Å²) in [6, 6.07) is 4.11. The van der Waals surface area contributed by atoms with Crippen LogP contribution in [0.15, 0.2) is 22.8 Å². The number of phenolic OH excluding ortho intramolecular Hbond substituents is 1. The molecule has 0 aliphatic carbocycles. The maximum absolute atomic E-state index is 10.9. The molecule has 2 aliphatic rings. The molecule has 3 rings (SSSR count). The van der Waals surface area contributed by atoms with Crippen LogP contribution in [0, 0.1) is 5.92 Å². The molecule has 1 aromatic rings. The first-order valence-corrected chi connectivity index (χ1v) is 10.8. The maximum Gasteiger partial charge on any atom is 0.153 e. The second-order valence-electron chi connectivity index (χ2n) is 8.73. The Bertz CT molecular complexity index is 723. The topological polar surface area (TPSA) is 38.7 Å². The number of benzene rings is 1. The standard InChI is InChI=1S/C23H34O3S/c1-6-7-8-9-14(2)15(3)16-12-18(24)20-17-10-11-25-22(27)21(17)23(4,5)26-19(20)13-16/h12-15,17,24,27H,6-11H2,1-5H3. The highest BCUT2D eigenvalue weighted by Crippen LogP contribution is 2.53. The van der Waals surface area contributed by atoms with Gasteiger partial charge in [0.25, 0.3) is 0 Å². The molecule has 0 aromatic heterocycles. The summed E-state index contributed by atoms with van der Waals surface area (Å²) in [5.41, 5.74) is 2.61. The lowest BCUT2D eigenvalue weighted by atomic mass is 9.76. The van der Waals surface area contributed by atoms with Crippen LogP contribution in [0.4, 0.5) is 0 Å². The van der Waals surface area contributed by atoms with Crippen LogP contribution in [0.1, 0.15) is 89.7 Å². The molecule has 3 nitrogen and oxygen atoms in total. The summed E-state index contributed by atoms with van der Waals surface area (Å²) in [5, 5.41) is 11.6. The van der Waals surface area contributed by atoms with Gasteiger partial charge in [-0.1, -0.05) is 46.5 Å². The van der Waals surface area contributed by atoms with E-state index in [1.165, 1.54) is 25.7 Å². The third kappa shape index (κ3) is 3.96. The number of phenols is 1. The smallest absolute Gasteiger partial charge is 0.153 e. The lowest BCUT2D eigenvalue weighted by molar-refractivity contribution is 0.0940. The Morgan fingerprint density at radius 3 is 2.70 bits per heavy atom. The van der Waals surface area contributed by atoms with E-state index >= 15 is 0 Å². The molecule has 3 atom stereocenters. The molecule has 0 amide bonds. The molecule has 0 saturated heterocycles. The van der Waals surface area contributed by atoms with Crippen LogP contribution in [-0.2, 0) is 4.74 Å². The summed E-state index contributed by atoms with van der Waals surface area (Å²) in [4.78, 5) is 0. The van der Waals surface area contributed by atoms with Crippen molar-refractivity contribution in [1.29, 1.82) is 0 Å². The van der Waals surface area contributed by atoms with Gasteiger partial charge in [0, 0.05) is 17.1 Å². The lowest BCUT2D eigenvalue weighted by Crippen LogP contribution is -2.40. The predicted molar refractivity (Wildman–Crippen MR) is 114 cm³/mol. The molecule has 27 heavy (non-hydrogen) atoms. The van der Waals surface area contributed by atoms with Crippen molar-refractivity contribution < 1.29 is 14.6 Å². The van der Waals surface area contributed by atoms with Crippen molar-refractivity contribution >= 4 is 12.6 Å². The monoisotopic (exact) mass is 390 g/mol. The highest BCUT2D eigenvalue weighted by molar-refractivity contribution is 7.84. The Kier molecular flexibility index (Phi) is 6.05. The number of hydrogen-bond donors (Lipinski definition) is 2. The molecule has 0 radical (unpaired) electrons. The second kappa shape index (κ2) is 7.98. The van der Waals surface area contributed by atoms with E-state index in [9.17, 15) is 5.11 Å². The first kappa shape index (κ1) is 20.4. The second-order valence-corrected chi connectivity index (χ2v) is 9.14. The van der Waals surface area contributed by atoms with E-state index in [1.54, 1.807) is 0 Å². The summed E-state index contributed by atoms with van der Waals surface area (Å²) in [7, 11) is 0. The number of ether oxygens (including phenoxy) is 2. The van der Waals surface area contributed by atoms with Crippen LogP contribution < -0.4 is 4.74 Å². The van der Waals surface area contributed by atoms with Gasteiger partial charge in [-0.2, -0.15) is 0 Å². The van der Waals surface area contributed by atoms with Crippen molar-refractivity contribution in [3.8, 4) is 11.5 Å². The Labute approximate surface area is 169 Å². The fourth-order valence-electron chi connectivity index (χ4n) is 4.57. The zero-order valence-electron chi connectivity index (χ0n) is 17.3. The molecule has 1 aromatic carbocycles. The van der Waals surface area contributed by atoms with Crippen LogP contribution in [0.2, 0.25) is 0 Å². The van der Waals surface area contributed by atoms with Crippen LogP contribution in [0.5, 0.6) is 11.5 Å². The number of thiol groups is 1. The summed E-state index contributed by atoms with van der Waals surface area (Å²) in [6.07, 6.45) is 5.86. The van der Waals surface area contributed by atoms with Crippen LogP contribution in [0.25, 0.3) is 0 Å². The minimum Gasteiger partial charge on any atom is -0.507 e. The molecule has 2 aliphatic heterocycles. The molecular weight excluding hydrogens is 356 g/mol. The summed E-state index contributed by atoms with van der Waals surface area (Å²) in [5.74, 6) is 2.23. The molecular formula is C23H34O3S. The van der Waals surface area contributed by atoms with Gasteiger partial charge in [-0.25, -0.2) is 0 Å². The third-order valence-corrected chi connectivity index (χ3v) is 6.74. The van der Waals surface area contributed by atoms with Gasteiger partial charge in [0.2, 0.25) is 0 Å². The van der Waals surface area contributed by atoms with Gasteiger partial charge in [0.15, 0.2) is 5.09 Å². The largest absolute Gasteiger partial charge is 0.507 e. The first-order valence-electron chi connectivity index (χ1n) is 10.4. The van der Waals surface area contributed by atoms with Gasteiger partial charge in [0.05, 0.1) is 6.61 Å². The average Bonchev–Trinajstić information content (AvgIpc) is 2.59. The Morgan fingerprint density at radius 1 is 1.26 bits per heavy atom. The van der Waals surface area contributed by atoms with Crippen molar-refractivity contribution in [2.24, 2.45) is 5.92 Å². The van der Waals surface area contributed by atoms with Crippen molar-refractivity contribution in [3.05, 3.63) is 33.9 Å². The number of aromatic hydroxyl groups is 1. The molecule has 4 heteroatoms. The van der Waals surface area contributed by atoms with E-state index in [4.69, 9.17) is 9.47 Å². The Hall–Kier alpha value is -1.29. The van der Waals surface area contributed by atoms with E-state index in [1.807, 2.05) is 6.07 Å². The minimum atomic E-state index is -0.490. The maximum atomic E-state index is 10.9. The number of fused-ring (bicyclic) bond motifs is 3. The summed E-state index contributed by atoms with van der Waals surface area (Å²) < 4.78 is 12.0. The van der Waals surface area contributed by atoms with Crippen LogP contribution in [0.3, 0.4) is 0 Å². The molecule has 0 bridgehead atoms. The van der Waals surface area contributed by atoms with Gasteiger partial charge in [-0.3, -0.25) is 0 Å². The third-order valence-electron chi connectivity index (χ3n) is 6.37. The quantitative estimate of drug-likeness (QED) is 0.428. The Morgan fingerprint density at radius 2 is 2.00 bits per heavy atom. The number of hydrogen-bond acceptors (Lipinski definition) is 4. The van der Waals surface area contributed by atoms with E-state index in [-0.39, 0.29) is 5.92 Å². The van der Waals surface area contributed by atoms with Crippen molar-refractivity contribution in [1.82, 2.24) is 0 Å². The minimum absolute atomic E-state index is 0.108. The molecule has 0 fully saturated rings. The van der Waals surface area contributed by atoms with E-state index in [2.05, 4.69) is 53.3 Å². The Balaban J connectivity index is 1.94. The average molecular weight is 391 g/mol. The highest BCUT2D eigenvalue weighted by Gasteiger charge is 2.44. The SMILES string of the molecule is CCCCCC(C)C(C)c1cc(O)c2c(c1)OC(C)(C)C1=C(S)OCCC12. The molecule has 0 saturated carbocycles. The zero-order valence-corrected chi connectivity index (χ0v) is 18.2. The van der Waals surface area contributed by atoms with Crippen molar-refractivity contribution in [2.45, 2.75) is 84.2 Å². The number of rotatable bonds is 6. The molecule has 0 spiro atoms. The first-order chi connectivity index (χ1) is 12.8. The van der Waals surface area contributed by atoms with Gasteiger partial charge >= 0.3 is 0 Å². The van der Waals surface area contributed by atoms with Gasteiger partial charge in [-0.05, 0) is 49.8 Å². The van der Waals surface area contributed by atoms with E-state index in [0.717, 1.165) is 28.9 Å². The van der Waals surface area contributed by atoms with Gasteiger partial charge in [0.1, 0.15) is 17.1 Å². The molecule has 2 heterocycles. The van der Waals surface area contributed by atoms with Gasteiger partial charge in [-0.15, -0.1) is 12.6 Å². The van der Waals surface area contributed by atoms with Crippen molar-refractivity contribution in [2.75, 3.05) is 6.61 Å². The molecule has 1 N–H and O–H groups in total. The lowest BCUT2D eigenvalue weighted by Gasteiger charge is -2.43.